The Morgan fingerprint density at radius 2 is 1.67 bits per heavy atom. The van der Waals surface area contributed by atoms with E-state index in [9.17, 15) is 14.4 Å². The van der Waals surface area contributed by atoms with Gasteiger partial charge in [0.05, 0.1) is 27.4 Å². The number of nitrogens with two attached hydrogens (primary N) is 1. The van der Waals surface area contributed by atoms with E-state index in [1.165, 1.54) is 5.56 Å². The van der Waals surface area contributed by atoms with Crippen LogP contribution in [0.5, 0.6) is 0 Å². The molecule has 5 rings (SSSR count). The van der Waals surface area contributed by atoms with E-state index in [0.717, 1.165) is 62.6 Å². The highest BCUT2D eigenvalue weighted by Gasteiger charge is 2.51. The molecule has 1 aliphatic carbocycles. The van der Waals surface area contributed by atoms with Gasteiger partial charge in [0.15, 0.2) is 0 Å². The molecule has 2 aliphatic heterocycles. The zero-order valence-electron chi connectivity index (χ0n) is 23.1. The van der Waals surface area contributed by atoms with Gasteiger partial charge in [0.25, 0.3) is 5.91 Å². The first-order valence-electron chi connectivity index (χ1n) is 14.1. The average Bonchev–Trinajstić information content (AvgIpc) is 3.02. The van der Waals surface area contributed by atoms with Crippen LogP contribution in [0.1, 0.15) is 99.5 Å². The van der Waals surface area contributed by atoms with Crippen molar-refractivity contribution in [3.8, 4) is 0 Å². The number of nitrogens with zero attached hydrogens (tertiary/aromatic N) is 2. The number of rotatable bonds is 3. The molecule has 7 nitrogen and oxygen atoms in total. The molecule has 2 aromatic rings. The lowest BCUT2D eigenvalue weighted by Gasteiger charge is -2.34. The fraction of sp³-hybridized carbons (Fsp3) is 0.516. The van der Waals surface area contributed by atoms with Crippen molar-refractivity contribution in [1.82, 2.24) is 4.90 Å². The Balaban J connectivity index is 1.50. The minimum Gasteiger partial charge on any atom is -0.444 e. The SMILES string of the molecule is CC(C)(C)OC(=O)N1CCC(c2ccc3c(c2)C2(CCCCCC2)C(=O)N3c2cccc(Cl)c2C(N)=O)CC1. The summed E-state index contributed by atoms with van der Waals surface area (Å²) in [7, 11) is 0. The third kappa shape index (κ3) is 5.13. The van der Waals surface area contributed by atoms with Gasteiger partial charge in [0.2, 0.25) is 5.91 Å². The first kappa shape index (κ1) is 27.5. The Labute approximate surface area is 235 Å². The molecule has 0 atom stereocenters. The van der Waals surface area contributed by atoms with Gasteiger partial charge in [0.1, 0.15) is 5.60 Å². The first-order valence-corrected chi connectivity index (χ1v) is 14.4. The van der Waals surface area contributed by atoms with Crippen molar-refractivity contribution in [1.29, 1.82) is 0 Å². The number of amides is 3. The van der Waals surface area contributed by atoms with E-state index >= 15 is 0 Å². The molecule has 3 aliphatic rings. The highest BCUT2D eigenvalue weighted by atomic mass is 35.5. The van der Waals surface area contributed by atoms with Crippen molar-refractivity contribution in [3.05, 3.63) is 58.1 Å². The van der Waals surface area contributed by atoms with Gasteiger partial charge in [-0.25, -0.2) is 4.79 Å². The largest absolute Gasteiger partial charge is 0.444 e. The molecule has 2 heterocycles. The third-order valence-corrected chi connectivity index (χ3v) is 8.76. The summed E-state index contributed by atoms with van der Waals surface area (Å²) in [6, 6.07) is 11.5. The molecule has 3 amide bonds. The quantitative estimate of drug-likeness (QED) is 0.452. The van der Waals surface area contributed by atoms with Gasteiger partial charge in [-0.1, -0.05) is 55.5 Å². The third-order valence-electron chi connectivity index (χ3n) is 8.44. The molecule has 39 heavy (non-hydrogen) atoms. The molecule has 1 saturated carbocycles. The Morgan fingerprint density at radius 1 is 1.00 bits per heavy atom. The topological polar surface area (TPSA) is 92.9 Å². The van der Waals surface area contributed by atoms with Crippen LogP contribution in [0.15, 0.2) is 36.4 Å². The Hall–Kier alpha value is -3.06. The van der Waals surface area contributed by atoms with Crippen LogP contribution < -0.4 is 10.6 Å². The van der Waals surface area contributed by atoms with Crippen molar-refractivity contribution < 1.29 is 19.1 Å². The van der Waals surface area contributed by atoms with E-state index in [1.54, 1.807) is 28.0 Å². The zero-order valence-corrected chi connectivity index (χ0v) is 23.9. The number of likely N-dealkylation sites (tertiary alicyclic amines) is 1. The molecule has 0 radical (unpaired) electrons. The van der Waals surface area contributed by atoms with Gasteiger partial charge < -0.3 is 15.4 Å². The van der Waals surface area contributed by atoms with Crippen molar-refractivity contribution in [2.45, 2.75) is 89.1 Å². The molecule has 1 saturated heterocycles. The molecule has 0 bridgehead atoms. The fourth-order valence-corrected chi connectivity index (χ4v) is 6.81. The Kier molecular flexibility index (Phi) is 7.40. The Bertz CT molecular complexity index is 1290. The monoisotopic (exact) mass is 551 g/mol. The minimum absolute atomic E-state index is 0.000983. The van der Waals surface area contributed by atoms with E-state index in [2.05, 4.69) is 12.1 Å². The fourth-order valence-electron chi connectivity index (χ4n) is 6.54. The summed E-state index contributed by atoms with van der Waals surface area (Å²) >= 11 is 6.40. The lowest BCUT2D eigenvalue weighted by molar-refractivity contribution is -0.123. The van der Waals surface area contributed by atoms with Crippen LogP contribution in [0.4, 0.5) is 16.2 Å². The maximum Gasteiger partial charge on any atom is 0.410 e. The van der Waals surface area contributed by atoms with Gasteiger partial charge in [-0.2, -0.15) is 0 Å². The second-order valence-corrected chi connectivity index (χ2v) is 12.6. The second kappa shape index (κ2) is 10.5. The maximum absolute atomic E-state index is 14.4. The van der Waals surface area contributed by atoms with E-state index < -0.39 is 16.9 Å². The molecule has 1 spiro atoms. The predicted molar refractivity (Wildman–Crippen MR) is 153 cm³/mol. The van der Waals surface area contributed by atoms with Crippen molar-refractivity contribution in [3.63, 3.8) is 0 Å². The highest BCUT2D eigenvalue weighted by Crippen LogP contribution is 2.53. The van der Waals surface area contributed by atoms with Crippen molar-refractivity contribution in [2.24, 2.45) is 5.73 Å². The van der Waals surface area contributed by atoms with Crippen LogP contribution in [-0.4, -0.2) is 41.5 Å². The van der Waals surface area contributed by atoms with Gasteiger partial charge in [-0.15, -0.1) is 0 Å². The molecule has 208 valence electrons. The number of ether oxygens (including phenoxy) is 1. The number of carbonyl (C=O) groups excluding carboxylic acids is 3. The molecule has 2 aromatic carbocycles. The van der Waals surface area contributed by atoms with Crippen LogP contribution in [0, 0.1) is 0 Å². The first-order chi connectivity index (χ1) is 18.5. The summed E-state index contributed by atoms with van der Waals surface area (Å²) in [4.78, 5) is 42.8. The van der Waals surface area contributed by atoms with Crippen LogP contribution in [0.2, 0.25) is 5.02 Å². The minimum atomic E-state index is -0.653. The predicted octanol–water partition coefficient (Wildman–Crippen LogP) is 6.82. The summed E-state index contributed by atoms with van der Waals surface area (Å²) in [6.45, 7) is 6.92. The van der Waals surface area contributed by atoms with E-state index in [4.69, 9.17) is 22.1 Å². The Morgan fingerprint density at radius 3 is 2.28 bits per heavy atom. The van der Waals surface area contributed by atoms with Crippen molar-refractivity contribution >= 4 is 40.9 Å². The van der Waals surface area contributed by atoms with Crippen molar-refractivity contribution in [2.75, 3.05) is 18.0 Å². The molecular weight excluding hydrogens is 514 g/mol. The maximum atomic E-state index is 14.4. The van der Waals surface area contributed by atoms with Crippen LogP contribution in [0.25, 0.3) is 0 Å². The number of hydrogen-bond donors (Lipinski definition) is 1. The number of primary amides is 1. The molecule has 0 unspecified atom stereocenters. The normalized spacial score (nSPS) is 19.6. The van der Waals surface area contributed by atoms with E-state index in [-0.39, 0.29) is 28.5 Å². The number of fused-ring (bicyclic) bond motifs is 2. The molecule has 8 heteroatoms. The van der Waals surface area contributed by atoms with Crippen LogP contribution >= 0.6 is 11.6 Å². The van der Waals surface area contributed by atoms with Gasteiger partial charge in [-0.3, -0.25) is 14.5 Å². The van der Waals surface area contributed by atoms with Gasteiger partial charge in [0, 0.05) is 13.1 Å². The average molecular weight is 552 g/mol. The van der Waals surface area contributed by atoms with E-state index in [0.29, 0.717) is 18.8 Å². The second-order valence-electron chi connectivity index (χ2n) is 12.2. The number of piperidine rings is 1. The number of carbonyl (C=O) groups is 3. The summed E-state index contributed by atoms with van der Waals surface area (Å²) in [5.41, 5.74) is 8.24. The molecule has 2 N–H and O–H groups in total. The van der Waals surface area contributed by atoms with Gasteiger partial charge >= 0.3 is 6.09 Å². The number of hydrogen-bond acceptors (Lipinski definition) is 4. The highest BCUT2D eigenvalue weighted by molar-refractivity contribution is 6.35. The lowest BCUT2D eigenvalue weighted by atomic mass is 9.74. The molecular formula is C31H38ClN3O4. The number of anilines is 2. The lowest BCUT2D eigenvalue weighted by Crippen LogP contribution is -2.41. The molecule has 2 fully saturated rings. The summed E-state index contributed by atoms with van der Waals surface area (Å²) in [5, 5.41) is 0.240. The summed E-state index contributed by atoms with van der Waals surface area (Å²) in [5.74, 6) is -0.366. The number of benzene rings is 2. The zero-order chi connectivity index (χ0) is 27.9. The molecule has 0 aromatic heterocycles. The standard InChI is InChI=1S/C31H38ClN3O4/c1-30(2,3)39-29(38)34-17-13-20(14-18-34)21-11-12-24-22(19-21)31(15-6-4-5-7-16-31)28(37)35(24)25-10-8-9-23(32)26(25)27(33)36/h8-12,19-20H,4-7,13-18H2,1-3H3,(H2,33,36). The summed E-state index contributed by atoms with van der Waals surface area (Å²) < 4.78 is 5.57. The number of halogens is 1. The smallest absolute Gasteiger partial charge is 0.410 e. The van der Waals surface area contributed by atoms with Crippen LogP contribution in [0.3, 0.4) is 0 Å². The summed E-state index contributed by atoms with van der Waals surface area (Å²) in [6.07, 6.45) is 7.15. The van der Waals surface area contributed by atoms with E-state index in [1.807, 2.05) is 26.8 Å². The van der Waals surface area contributed by atoms with Crippen LogP contribution in [-0.2, 0) is 14.9 Å². The van der Waals surface area contributed by atoms with Gasteiger partial charge in [-0.05, 0) is 81.7 Å².